The van der Waals surface area contributed by atoms with Crippen molar-refractivity contribution in [1.29, 1.82) is 0 Å². The van der Waals surface area contributed by atoms with Gasteiger partial charge in [0, 0.05) is 39.9 Å². The van der Waals surface area contributed by atoms with Crippen LogP contribution in [0.4, 0.5) is 24.8 Å². The number of methoxy groups -OCH3 is 2. The van der Waals surface area contributed by atoms with E-state index in [1.165, 1.54) is 39.6 Å². The third kappa shape index (κ3) is 5.48. The van der Waals surface area contributed by atoms with E-state index in [4.69, 9.17) is 21.1 Å². The molecule has 0 saturated heterocycles. The lowest BCUT2D eigenvalue weighted by molar-refractivity contribution is -0.141. The van der Waals surface area contributed by atoms with Gasteiger partial charge in [0.25, 0.3) is 0 Å². The highest BCUT2D eigenvalue weighted by atomic mass is 35.5. The number of rotatable bonds is 6. The Morgan fingerprint density at radius 2 is 1.81 bits per heavy atom. The van der Waals surface area contributed by atoms with Gasteiger partial charge in [-0.05, 0) is 49.7 Å². The Bertz CT molecular complexity index is 1470. The number of ether oxygens (including phenoxy) is 2. The zero-order chi connectivity index (χ0) is 26.9. The fraction of sp³-hybridized carbons (Fsp3) is 0.208. The number of carbonyl (C=O) groups is 1. The van der Waals surface area contributed by atoms with Gasteiger partial charge in [0.2, 0.25) is 11.8 Å². The van der Waals surface area contributed by atoms with Crippen LogP contribution in [0.3, 0.4) is 0 Å². The lowest BCUT2D eigenvalue weighted by Crippen LogP contribution is -2.11. The van der Waals surface area contributed by atoms with Crippen LogP contribution in [0.2, 0.25) is 5.02 Å². The van der Waals surface area contributed by atoms with Crippen LogP contribution < -0.4 is 10.1 Å². The minimum Gasteiger partial charge on any atom is -0.480 e. The van der Waals surface area contributed by atoms with Crippen LogP contribution in [0.25, 0.3) is 16.9 Å². The summed E-state index contributed by atoms with van der Waals surface area (Å²) in [6.07, 6.45) is -1.90. The predicted octanol–water partition coefficient (Wildman–Crippen LogP) is 5.55. The molecule has 0 aliphatic rings. The van der Waals surface area contributed by atoms with Crippen molar-refractivity contribution in [3.63, 3.8) is 0 Å². The van der Waals surface area contributed by atoms with E-state index in [9.17, 15) is 18.0 Å². The number of pyridine rings is 1. The number of aromatic nitrogens is 5. The summed E-state index contributed by atoms with van der Waals surface area (Å²) in [6.45, 7) is 3.32. The Balaban J connectivity index is 1.90. The van der Waals surface area contributed by atoms with Crippen LogP contribution in [-0.2, 0) is 10.9 Å². The number of benzene rings is 1. The van der Waals surface area contributed by atoms with E-state index >= 15 is 0 Å². The van der Waals surface area contributed by atoms with Crippen molar-refractivity contribution in [3.05, 3.63) is 70.3 Å². The van der Waals surface area contributed by atoms with Gasteiger partial charge in [0.15, 0.2) is 11.5 Å². The number of halogens is 4. The van der Waals surface area contributed by atoms with Gasteiger partial charge >= 0.3 is 12.1 Å². The van der Waals surface area contributed by atoms with E-state index < -0.39 is 17.8 Å². The second-order valence-electron chi connectivity index (χ2n) is 7.93. The summed E-state index contributed by atoms with van der Waals surface area (Å²) in [5, 5.41) is 7.23. The first-order chi connectivity index (χ1) is 17.5. The van der Waals surface area contributed by atoms with Crippen molar-refractivity contribution in [2.24, 2.45) is 0 Å². The van der Waals surface area contributed by atoms with Gasteiger partial charge in [-0.1, -0.05) is 11.6 Å². The average molecular weight is 533 g/mol. The maximum atomic E-state index is 13.4. The largest absolute Gasteiger partial charge is 0.480 e. The first kappa shape index (κ1) is 25.9. The molecular formula is C24H20ClF3N6O3. The van der Waals surface area contributed by atoms with Crippen LogP contribution in [-0.4, -0.2) is 44.9 Å². The lowest BCUT2D eigenvalue weighted by Gasteiger charge is -2.14. The Kier molecular flexibility index (Phi) is 7.03. The van der Waals surface area contributed by atoms with Gasteiger partial charge in [0.1, 0.15) is 5.56 Å². The summed E-state index contributed by atoms with van der Waals surface area (Å²) in [4.78, 5) is 25.2. The summed E-state index contributed by atoms with van der Waals surface area (Å²) in [5.74, 6) is -0.592. The Hall–Kier alpha value is -4.19. The molecule has 0 aliphatic carbocycles. The molecule has 0 radical (unpaired) electrons. The molecule has 13 heteroatoms. The Labute approximate surface area is 214 Å². The van der Waals surface area contributed by atoms with Crippen LogP contribution in [0, 0.1) is 13.8 Å². The Morgan fingerprint density at radius 1 is 1.05 bits per heavy atom. The van der Waals surface area contributed by atoms with Crippen LogP contribution in [0.15, 0.2) is 42.7 Å². The molecule has 0 unspecified atom stereocenters. The molecule has 0 amide bonds. The normalized spacial score (nSPS) is 11.4. The maximum Gasteiger partial charge on any atom is 0.435 e. The summed E-state index contributed by atoms with van der Waals surface area (Å²) in [6, 6.07) is 7.56. The molecular weight excluding hydrogens is 513 g/mol. The molecule has 0 atom stereocenters. The molecule has 0 fully saturated rings. The third-order valence-corrected chi connectivity index (χ3v) is 5.42. The summed E-state index contributed by atoms with van der Waals surface area (Å²) < 4.78 is 51.2. The third-order valence-electron chi connectivity index (χ3n) is 5.21. The van der Waals surface area contributed by atoms with Crippen LogP contribution in [0.1, 0.15) is 27.3 Å². The number of esters is 1. The smallest absolute Gasteiger partial charge is 0.435 e. The first-order valence-corrected chi connectivity index (χ1v) is 11.1. The SMILES string of the molecule is COC(=O)c1cc(-c2cnc(Nc3cc(C)cc(Cl)c3)nc2-n2nc(C(F)(F)F)cc2C)cnc1OC. The van der Waals surface area contributed by atoms with Gasteiger partial charge in [0.05, 0.1) is 14.2 Å². The topological polar surface area (TPSA) is 104 Å². The zero-order valence-corrected chi connectivity index (χ0v) is 20.8. The molecule has 0 saturated carbocycles. The van der Waals surface area contributed by atoms with E-state index in [0.717, 1.165) is 16.3 Å². The highest BCUT2D eigenvalue weighted by molar-refractivity contribution is 6.30. The molecule has 4 aromatic rings. The molecule has 37 heavy (non-hydrogen) atoms. The van der Waals surface area contributed by atoms with Gasteiger partial charge < -0.3 is 14.8 Å². The van der Waals surface area contributed by atoms with Crippen molar-refractivity contribution in [1.82, 2.24) is 24.7 Å². The fourth-order valence-corrected chi connectivity index (χ4v) is 3.87. The molecule has 0 spiro atoms. The van der Waals surface area contributed by atoms with Crippen molar-refractivity contribution in [2.45, 2.75) is 20.0 Å². The molecule has 4 rings (SSSR count). The maximum absolute atomic E-state index is 13.4. The van der Waals surface area contributed by atoms with Crippen LogP contribution in [0.5, 0.6) is 5.88 Å². The molecule has 9 nitrogen and oxygen atoms in total. The van der Waals surface area contributed by atoms with Crippen molar-refractivity contribution in [3.8, 4) is 22.8 Å². The van der Waals surface area contributed by atoms with Crippen molar-refractivity contribution in [2.75, 3.05) is 19.5 Å². The number of anilines is 2. The zero-order valence-electron chi connectivity index (χ0n) is 20.0. The quantitative estimate of drug-likeness (QED) is 0.322. The number of aryl methyl sites for hydroxylation is 2. The number of carbonyl (C=O) groups excluding carboxylic acids is 1. The van der Waals surface area contributed by atoms with E-state index in [-0.39, 0.29) is 34.5 Å². The Morgan fingerprint density at radius 3 is 2.43 bits per heavy atom. The first-order valence-electron chi connectivity index (χ1n) is 10.7. The van der Waals surface area contributed by atoms with Gasteiger partial charge in [-0.15, -0.1) is 0 Å². The highest BCUT2D eigenvalue weighted by Gasteiger charge is 2.35. The number of nitrogens with one attached hydrogen (secondary N) is 1. The molecule has 3 aromatic heterocycles. The van der Waals surface area contributed by atoms with E-state index in [0.29, 0.717) is 16.3 Å². The molecule has 192 valence electrons. The summed E-state index contributed by atoms with van der Waals surface area (Å²) in [7, 11) is 2.54. The second kappa shape index (κ2) is 10.1. The van der Waals surface area contributed by atoms with Crippen molar-refractivity contribution >= 4 is 29.2 Å². The number of nitrogens with zero attached hydrogens (tertiary/aromatic N) is 5. The van der Waals surface area contributed by atoms with Gasteiger partial charge in [-0.25, -0.2) is 19.4 Å². The fourth-order valence-electron chi connectivity index (χ4n) is 3.58. The molecule has 0 aliphatic heterocycles. The number of alkyl halides is 3. The van der Waals surface area contributed by atoms with E-state index in [2.05, 4.69) is 25.4 Å². The molecule has 3 heterocycles. The summed E-state index contributed by atoms with van der Waals surface area (Å²) >= 11 is 6.14. The van der Waals surface area contributed by atoms with E-state index in [1.807, 2.05) is 6.92 Å². The van der Waals surface area contributed by atoms with Crippen LogP contribution >= 0.6 is 11.6 Å². The molecule has 0 bridgehead atoms. The summed E-state index contributed by atoms with van der Waals surface area (Å²) in [5.41, 5.74) is 1.14. The molecule has 1 N–H and O–H groups in total. The minimum absolute atomic E-state index is 0.0122. The van der Waals surface area contributed by atoms with Crippen molar-refractivity contribution < 1.29 is 27.4 Å². The number of hydrogen-bond acceptors (Lipinski definition) is 8. The minimum atomic E-state index is -4.66. The van der Waals surface area contributed by atoms with E-state index in [1.54, 1.807) is 18.2 Å². The molecule has 1 aromatic carbocycles. The highest BCUT2D eigenvalue weighted by Crippen LogP contribution is 2.33. The predicted molar refractivity (Wildman–Crippen MR) is 129 cm³/mol. The average Bonchev–Trinajstić information content (AvgIpc) is 3.24. The monoisotopic (exact) mass is 532 g/mol. The lowest BCUT2D eigenvalue weighted by atomic mass is 10.1. The number of hydrogen-bond donors (Lipinski definition) is 1. The van der Waals surface area contributed by atoms with Gasteiger partial charge in [-0.2, -0.15) is 23.3 Å². The van der Waals surface area contributed by atoms with Gasteiger partial charge in [-0.3, -0.25) is 0 Å². The second-order valence-corrected chi connectivity index (χ2v) is 8.36. The standard InChI is InChI=1S/C24H20ClF3N6O3/c1-12-5-15(25)9-16(6-12)31-23-30-11-18(14-8-17(22(35)37-4)21(36-3)29-10-14)20(32-23)34-13(2)7-19(33-34)24(26,27)28/h5-11H,1-4H3,(H,30,31,32).